The quantitative estimate of drug-likeness (QED) is 0.726. The van der Waals surface area contributed by atoms with E-state index in [1.165, 1.54) is 0 Å². The fraction of sp³-hybridized carbons (Fsp3) is 0.125. The first-order chi connectivity index (χ1) is 10.1. The van der Waals surface area contributed by atoms with E-state index in [0.29, 0.717) is 21.6 Å². The highest BCUT2D eigenvalue weighted by Crippen LogP contribution is 2.33. The second-order valence-corrected chi connectivity index (χ2v) is 5.57. The van der Waals surface area contributed by atoms with E-state index in [2.05, 4.69) is 15.3 Å². The third-order valence-corrected chi connectivity index (χ3v) is 3.84. The molecule has 3 aromatic rings. The van der Waals surface area contributed by atoms with Gasteiger partial charge in [0.25, 0.3) is 0 Å². The molecule has 3 nitrogen and oxygen atoms in total. The largest absolute Gasteiger partial charge is 0.372 e. The van der Waals surface area contributed by atoms with Gasteiger partial charge >= 0.3 is 0 Å². The third kappa shape index (κ3) is 2.67. The van der Waals surface area contributed by atoms with Crippen LogP contribution in [0.2, 0.25) is 10.0 Å². The highest BCUT2D eigenvalue weighted by Gasteiger charge is 2.11. The van der Waals surface area contributed by atoms with E-state index in [1.807, 2.05) is 37.3 Å². The van der Waals surface area contributed by atoms with Crippen LogP contribution < -0.4 is 5.32 Å². The fourth-order valence-electron chi connectivity index (χ4n) is 2.22. The van der Waals surface area contributed by atoms with Crippen molar-refractivity contribution in [3.05, 3.63) is 52.1 Å². The summed E-state index contributed by atoms with van der Waals surface area (Å²) >= 11 is 12.4. The molecule has 1 aromatic carbocycles. The van der Waals surface area contributed by atoms with E-state index in [9.17, 15) is 0 Å². The molecular formula is C16H13Cl2N3. The monoisotopic (exact) mass is 317 g/mol. The zero-order chi connectivity index (χ0) is 15.0. The summed E-state index contributed by atoms with van der Waals surface area (Å²) in [5.74, 6) is 0.609. The summed E-state index contributed by atoms with van der Waals surface area (Å²) in [5, 5.41) is 5.05. The summed E-state index contributed by atoms with van der Waals surface area (Å²) in [7, 11) is 1.78. The van der Waals surface area contributed by atoms with Gasteiger partial charge in [0.05, 0.1) is 21.3 Å². The first-order valence-electron chi connectivity index (χ1n) is 6.50. The summed E-state index contributed by atoms with van der Waals surface area (Å²) in [4.78, 5) is 8.98. The number of nitrogens with one attached hydrogen (secondary N) is 1. The molecule has 21 heavy (non-hydrogen) atoms. The molecule has 2 heterocycles. The van der Waals surface area contributed by atoms with Crippen molar-refractivity contribution in [2.24, 2.45) is 0 Å². The Morgan fingerprint density at radius 1 is 0.952 bits per heavy atom. The number of anilines is 1. The smallest absolute Gasteiger partial charge is 0.145 e. The maximum atomic E-state index is 6.28. The van der Waals surface area contributed by atoms with Crippen molar-refractivity contribution in [1.82, 2.24) is 9.97 Å². The Labute approximate surface area is 132 Å². The summed E-state index contributed by atoms with van der Waals surface area (Å²) in [5.41, 5.74) is 3.59. The molecule has 3 rings (SSSR count). The minimum atomic E-state index is 0.504. The third-order valence-electron chi connectivity index (χ3n) is 3.27. The average molecular weight is 318 g/mol. The fourth-order valence-corrected chi connectivity index (χ4v) is 2.78. The highest BCUT2D eigenvalue weighted by molar-refractivity contribution is 6.37. The van der Waals surface area contributed by atoms with E-state index in [4.69, 9.17) is 23.2 Å². The molecule has 0 spiro atoms. The molecular weight excluding hydrogens is 305 g/mol. The predicted molar refractivity (Wildman–Crippen MR) is 89.3 cm³/mol. The van der Waals surface area contributed by atoms with Crippen LogP contribution in [0.25, 0.3) is 22.2 Å². The number of pyridine rings is 2. The summed E-state index contributed by atoms with van der Waals surface area (Å²) in [6.45, 7) is 1.98. The van der Waals surface area contributed by atoms with Gasteiger partial charge in [0.2, 0.25) is 0 Å². The lowest BCUT2D eigenvalue weighted by atomic mass is 10.1. The number of benzene rings is 1. The predicted octanol–water partition coefficient (Wildman–Crippen LogP) is 4.95. The molecule has 0 unspecified atom stereocenters. The van der Waals surface area contributed by atoms with Gasteiger partial charge in [0, 0.05) is 23.7 Å². The van der Waals surface area contributed by atoms with Gasteiger partial charge in [-0.05, 0) is 31.2 Å². The molecule has 106 valence electrons. The zero-order valence-corrected chi connectivity index (χ0v) is 13.1. The van der Waals surface area contributed by atoms with Gasteiger partial charge < -0.3 is 5.32 Å². The Morgan fingerprint density at radius 2 is 1.76 bits per heavy atom. The van der Waals surface area contributed by atoms with Crippen molar-refractivity contribution in [3.8, 4) is 11.3 Å². The van der Waals surface area contributed by atoms with Crippen LogP contribution >= 0.6 is 23.2 Å². The van der Waals surface area contributed by atoms with Crippen molar-refractivity contribution < 1.29 is 0 Å². The van der Waals surface area contributed by atoms with Crippen molar-refractivity contribution in [2.45, 2.75) is 6.92 Å². The van der Waals surface area contributed by atoms with Crippen molar-refractivity contribution >= 4 is 39.9 Å². The van der Waals surface area contributed by atoms with Crippen LogP contribution in [0.3, 0.4) is 0 Å². The maximum Gasteiger partial charge on any atom is 0.145 e. The number of halogens is 2. The standard InChI is InChI=1S/C16H13Cl2N3/c1-9-3-4-10-7-11(5-6-14(10)20-9)15-12(17)8-13(18)16(19-2)21-15/h3-8H,1-2H3,(H,19,21). The van der Waals surface area contributed by atoms with E-state index in [1.54, 1.807) is 13.1 Å². The van der Waals surface area contributed by atoms with Gasteiger partial charge in [-0.15, -0.1) is 0 Å². The number of hydrogen-bond acceptors (Lipinski definition) is 3. The molecule has 5 heteroatoms. The number of aryl methyl sites for hydroxylation is 1. The molecule has 0 radical (unpaired) electrons. The van der Waals surface area contributed by atoms with E-state index in [-0.39, 0.29) is 0 Å². The van der Waals surface area contributed by atoms with Gasteiger partial charge in [-0.25, -0.2) is 4.98 Å². The van der Waals surface area contributed by atoms with Crippen LogP contribution in [0, 0.1) is 6.92 Å². The van der Waals surface area contributed by atoms with Gasteiger partial charge in [0.1, 0.15) is 5.82 Å². The number of rotatable bonds is 2. The molecule has 0 amide bonds. The molecule has 0 aliphatic carbocycles. The van der Waals surface area contributed by atoms with Crippen molar-refractivity contribution in [3.63, 3.8) is 0 Å². The summed E-state index contributed by atoms with van der Waals surface area (Å²) in [6, 6.07) is 11.7. The lowest BCUT2D eigenvalue weighted by Crippen LogP contribution is -1.96. The van der Waals surface area contributed by atoms with E-state index in [0.717, 1.165) is 22.2 Å². The normalized spacial score (nSPS) is 10.9. The first kappa shape index (κ1) is 14.1. The van der Waals surface area contributed by atoms with Gasteiger partial charge in [-0.2, -0.15) is 0 Å². The number of hydrogen-bond donors (Lipinski definition) is 1. The SMILES string of the molecule is CNc1nc(-c2ccc3nc(C)ccc3c2)c(Cl)cc1Cl. The van der Waals surface area contributed by atoms with Crippen molar-refractivity contribution in [1.29, 1.82) is 0 Å². The minimum absolute atomic E-state index is 0.504. The Bertz CT molecular complexity index is 831. The van der Waals surface area contributed by atoms with Crippen LogP contribution in [-0.4, -0.2) is 17.0 Å². The minimum Gasteiger partial charge on any atom is -0.372 e. The Kier molecular flexibility index (Phi) is 3.70. The van der Waals surface area contributed by atoms with Crippen molar-refractivity contribution in [2.75, 3.05) is 12.4 Å². The van der Waals surface area contributed by atoms with Crippen LogP contribution in [0.15, 0.2) is 36.4 Å². The van der Waals surface area contributed by atoms with Crippen LogP contribution in [0.5, 0.6) is 0 Å². The van der Waals surface area contributed by atoms with Crippen LogP contribution in [-0.2, 0) is 0 Å². The molecule has 0 aliphatic heterocycles. The van der Waals surface area contributed by atoms with E-state index < -0.39 is 0 Å². The number of aromatic nitrogens is 2. The molecule has 0 atom stereocenters. The van der Waals surface area contributed by atoms with Crippen LogP contribution in [0.4, 0.5) is 5.82 Å². The summed E-state index contributed by atoms with van der Waals surface area (Å²) in [6.07, 6.45) is 0. The molecule has 0 saturated carbocycles. The summed E-state index contributed by atoms with van der Waals surface area (Å²) < 4.78 is 0. The molecule has 2 aromatic heterocycles. The van der Waals surface area contributed by atoms with Gasteiger partial charge in [-0.1, -0.05) is 35.3 Å². The molecule has 0 aliphatic rings. The Morgan fingerprint density at radius 3 is 2.52 bits per heavy atom. The molecule has 0 bridgehead atoms. The number of fused-ring (bicyclic) bond motifs is 1. The second kappa shape index (κ2) is 5.51. The Balaban J connectivity index is 2.18. The highest BCUT2D eigenvalue weighted by atomic mass is 35.5. The number of nitrogens with zero attached hydrogens (tertiary/aromatic N) is 2. The lowest BCUT2D eigenvalue weighted by Gasteiger charge is -2.09. The van der Waals surface area contributed by atoms with Gasteiger partial charge in [-0.3, -0.25) is 4.98 Å². The van der Waals surface area contributed by atoms with Gasteiger partial charge in [0.15, 0.2) is 0 Å². The van der Waals surface area contributed by atoms with E-state index >= 15 is 0 Å². The second-order valence-electron chi connectivity index (χ2n) is 4.76. The first-order valence-corrected chi connectivity index (χ1v) is 7.25. The molecule has 0 saturated heterocycles. The zero-order valence-electron chi connectivity index (χ0n) is 11.6. The Hall–Kier alpha value is -1.84. The molecule has 0 fully saturated rings. The average Bonchev–Trinajstić information content (AvgIpc) is 2.47. The molecule has 1 N–H and O–H groups in total. The lowest BCUT2D eigenvalue weighted by molar-refractivity contribution is 1.25. The van der Waals surface area contributed by atoms with Crippen LogP contribution in [0.1, 0.15) is 5.69 Å². The topological polar surface area (TPSA) is 37.8 Å². The maximum absolute atomic E-state index is 6.28.